The highest BCUT2D eigenvalue weighted by Gasteiger charge is 2.15. The summed E-state index contributed by atoms with van der Waals surface area (Å²) in [6, 6.07) is 15.1. The first-order chi connectivity index (χ1) is 14.9. The fourth-order valence-corrected chi connectivity index (χ4v) is 4.46. The van der Waals surface area contributed by atoms with E-state index >= 15 is 0 Å². The Labute approximate surface area is 179 Å². The molecule has 0 aliphatic heterocycles. The number of hydrogen-bond acceptors (Lipinski definition) is 6. The van der Waals surface area contributed by atoms with Crippen molar-refractivity contribution in [3.8, 4) is 0 Å². The van der Waals surface area contributed by atoms with Crippen LogP contribution in [0, 0.1) is 0 Å². The van der Waals surface area contributed by atoms with Gasteiger partial charge in [0.25, 0.3) is 15.6 Å². The maximum Gasteiger partial charge on any atom is 0.277 e. The van der Waals surface area contributed by atoms with Gasteiger partial charge < -0.3 is 10.7 Å². The molecular formula is C21H22N6O3S. The molecule has 2 aromatic carbocycles. The van der Waals surface area contributed by atoms with Gasteiger partial charge in [0.05, 0.1) is 10.6 Å². The molecule has 0 bridgehead atoms. The second-order valence-corrected chi connectivity index (χ2v) is 8.79. The SMILES string of the molecule is Cn1nc(CCN)c2nc(Cc3ccc(NS(=O)(=O)c4ccccc4)cc3)[nH]c(=O)c21. The molecule has 0 atom stereocenters. The molecule has 0 saturated carbocycles. The Hall–Kier alpha value is -3.50. The molecule has 4 N–H and O–H groups in total. The van der Waals surface area contributed by atoms with Crippen molar-refractivity contribution >= 4 is 26.7 Å². The summed E-state index contributed by atoms with van der Waals surface area (Å²) in [5, 5.41) is 4.35. The number of rotatable bonds is 7. The van der Waals surface area contributed by atoms with Crippen LogP contribution in [0.4, 0.5) is 5.69 Å². The van der Waals surface area contributed by atoms with Crippen LogP contribution in [0.2, 0.25) is 0 Å². The topological polar surface area (TPSA) is 136 Å². The normalized spacial score (nSPS) is 11.7. The van der Waals surface area contributed by atoms with Gasteiger partial charge >= 0.3 is 0 Å². The van der Waals surface area contributed by atoms with Crippen molar-refractivity contribution in [2.24, 2.45) is 12.8 Å². The van der Waals surface area contributed by atoms with Crippen LogP contribution in [0.5, 0.6) is 0 Å². The molecule has 0 fully saturated rings. The van der Waals surface area contributed by atoms with Crippen molar-refractivity contribution < 1.29 is 8.42 Å². The minimum absolute atomic E-state index is 0.193. The van der Waals surface area contributed by atoms with E-state index in [9.17, 15) is 13.2 Å². The highest BCUT2D eigenvalue weighted by molar-refractivity contribution is 7.92. The van der Waals surface area contributed by atoms with E-state index < -0.39 is 10.0 Å². The van der Waals surface area contributed by atoms with Gasteiger partial charge in [-0.15, -0.1) is 0 Å². The molecule has 31 heavy (non-hydrogen) atoms. The third kappa shape index (κ3) is 4.35. The van der Waals surface area contributed by atoms with Crippen LogP contribution in [-0.2, 0) is 29.9 Å². The largest absolute Gasteiger partial charge is 0.330 e. The summed E-state index contributed by atoms with van der Waals surface area (Å²) in [7, 11) is -1.95. The molecule has 4 rings (SSSR count). The van der Waals surface area contributed by atoms with Crippen molar-refractivity contribution in [2.75, 3.05) is 11.3 Å². The quantitative estimate of drug-likeness (QED) is 0.401. The average molecular weight is 439 g/mol. The number of anilines is 1. The molecular weight excluding hydrogens is 416 g/mol. The van der Waals surface area contributed by atoms with Crippen LogP contribution < -0.4 is 16.0 Å². The van der Waals surface area contributed by atoms with Gasteiger partial charge in [-0.2, -0.15) is 5.10 Å². The van der Waals surface area contributed by atoms with Crippen LogP contribution in [0.25, 0.3) is 11.0 Å². The number of aromatic nitrogens is 4. The average Bonchev–Trinajstić information content (AvgIpc) is 3.06. The lowest BCUT2D eigenvalue weighted by molar-refractivity contribution is 0.601. The van der Waals surface area contributed by atoms with Crippen LogP contribution in [0.3, 0.4) is 0 Å². The molecule has 0 amide bonds. The molecule has 2 aromatic heterocycles. The van der Waals surface area contributed by atoms with Gasteiger partial charge in [0.15, 0.2) is 5.52 Å². The summed E-state index contributed by atoms with van der Waals surface area (Å²) in [6.07, 6.45) is 0.914. The number of H-pyrrole nitrogens is 1. The summed E-state index contributed by atoms with van der Waals surface area (Å²) in [4.78, 5) is 20.1. The van der Waals surface area contributed by atoms with Gasteiger partial charge in [0.2, 0.25) is 0 Å². The van der Waals surface area contributed by atoms with Crippen molar-refractivity contribution in [3.63, 3.8) is 0 Å². The van der Waals surface area contributed by atoms with E-state index in [4.69, 9.17) is 5.73 Å². The lowest BCUT2D eigenvalue weighted by atomic mass is 10.1. The van der Waals surface area contributed by atoms with Gasteiger partial charge in [-0.05, 0) is 36.4 Å². The maximum atomic E-state index is 12.5. The summed E-state index contributed by atoms with van der Waals surface area (Å²) in [5.74, 6) is 0.501. The first kappa shape index (κ1) is 20.8. The van der Waals surface area contributed by atoms with Gasteiger partial charge in [-0.25, -0.2) is 13.4 Å². The summed E-state index contributed by atoms with van der Waals surface area (Å²) in [6.45, 7) is 0.413. The van der Waals surface area contributed by atoms with E-state index in [1.54, 1.807) is 49.5 Å². The van der Waals surface area contributed by atoms with E-state index in [0.717, 1.165) is 5.56 Å². The van der Waals surface area contributed by atoms with Crippen LogP contribution in [-0.4, -0.2) is 34.7 Å². The van der Waals surface area contributed by atoms with Crippen LogP contribution in [0.1, 0.15) is 17.1 Å². The van der Waals surface area contributed by atoms with E-state index in [-0.39, 0.29) is 10.5 Å². The van der Waals surface area contributed by atoms with E-state index in [1.807, 2.05) is 0 Å². The van der Waals surface area contributed by atoms with E-state index in [1.165, 1.54) is 16.8 Å². The van der Waals surface area contributed by atoms with E-state index in [0.29, 0.717) is 47.6 Å². The maximum absolute atomic E-state index is 12.5. The van der Waals surface area contributed by atoms with Crippen molar-refractivity contribution in [3.05, 3.63) is 82.0 Å². The monoisotopic (exact) mass is 438 g/mol. The fourth-order valence-electron chi connectivity index (χ4n) is 3.38. The minimum atomic E-state index is -3.65. The predicted molar refractivity (Wildman–Crippen MR) is 118 cm³/mol. The van der Waals surface area contributed by atoms with Gasteiger partial charge in [-0.1, -0.05) is 30.3 Å². The molecule has 0 aliphatic rings. The number of nitrogens with one attached hydrogen (secondary N) is 2. The third-order valence-electron chi connectivity index (χ3n) is 4.82. The molecule has 9 nitrogen and oxygen atoms in total. The Kier molecular flexibility index (Phi) is 5.57. The highest BCUT2D eigenvalue weighted by atomic mass is 32.2. The number of benzene rings is 2. The molecule has 160 valence electrons. The summed E-state index contributed by atoms with van der Waals surface area (Å²) >= 11 is 0. The number of nitrogens with two attached hydrogens (primary N) is 1. The molecule has 0 saturated heterocycles. The summed E-state index contributed by atoms with van der Waals surface area (Å²) < 4.78 is 29.0. The Morgan fingerprint density at radius 1 is 1.10 bits per heavy atom. The number of aromatic amines is 1. The predicted octanol–water partition coefficient (Wildman–Crippen LogP) is 1.55. The van der Waals surface area contributed by atoms with Crippen molar-refractivity contribution in [1.82, 2.24) is 19.7 Å². The van der Waals surface area contributed by atoms with Gasteiger partial charge in [0, 0.05) is 25.6 Å². The molecule has 2 heterocycles. The third-order valence-corrected chi connectivity index (χ3v) is 6.22. The van der Waals surface area contributed by atoms with Crippen LogP contribution >= 0.6 is 0 Å². The zero-order chi connectivity index (χ0) is 22.0. The number of nitrogens with zero attached hydrogens (tertiary/aromatic N) is 3. The zero-order valence-corrected chi connectivity index (χ0v) is 17.7. The van der Waals surface area contributed by atoms with Crippen molar-refractivity contribution in [2.45, 2.75) is 17.7 Å². The number of fused-ring (bicyclic) bond motifs is 1. The second kappa shape index (κ2) is 8.32. The molecule has 0 spiro atoms. The minimum Gasteiger partial charge on any atom is -0.330 e. The molecule has 10 heteroatoms. The Bertz CT molecular complexity index is 1380. The zero-order valence-electron chi connectivity index (χ0n) is 16.9. The molecule has 0 unspecified atom stereocenters. The molecule has 0 aliphatic carbocycles. The molecule has 4 aromatic rings. The fraction of sp³-hybridized carbons (Fsp3) is 0.190. The Morgan fingerprint density at radius 3 is 2.48 bits per heavy atom. The van der Waals surface area contributed by atoms with Gasteiger partial charge in [-0.3, -0.25) is 14.2 Å². The number of sulfonamides is 1. The highest BCUT2D eigenvalue weighted by Crippen LogP contribution is 2.18. The lowest BCUT2D eigenvalue weighted by Gasteiger charge is -2.09. The smallest absolute Gasteiger partial charge is 0.277 e. The van der Waals surface area contributed by atoms with Crippen molar-refractivity contribution in [1.29, 1.82) is 0 Å². The van der Waals surface area contributed by atoms with E-state index in [2.05, 4.69) is 19.8 Å². The van der Waals surface area contributed by atoms with Gasteiger partial charge in [0.1, 0.15) is 11.3 Å². The number of aryl methyl sites for hydroxylation is 1. The number of hydrogen-bond donors (Lipinski definition) is 3. The molecule has 0 radical (unpaired) electrons. The Balaban J connectivity index is 1.56. The Morgan fingerprint density at radius 2 is 1.81 bits per heavy atom. The second-order valence-electron chi connectivity index (χ2n) is 7.11. The summed E-state index contributed by atoms with van der Waals surface area (Å²) in [5.41, 5.74) is 8.36. The standard InChI is InChI=1S/C21H22N6O3S/c1-27-20-19(17(25-27)11-12-22)23-18(24-21(20)28)13-14-7-9-15(10-8-14)26-31(29,30)16-5-3-2-4-6-16/h2-10,26H,11-13,22H2,1H3,(H,23,24,28). The van der Waals surface area contributed by atoms with Crippen LogP contribution in [0.15, 0.2) is 64.3 Å². The first-order valence-electron chi connectivity index (χ1n) is 9.69. The lowest BCUT2D eigenvalue weighted by Crippen LogP contribution is -2.15. The first-order valence-corrected chi connectivity index (χ1v) is 11.2.